The molecule has 0 saturated carbocycles. The summed E-state index contributed by atoms with van der Waals surface area (Å²) in [5.74, 6) is -0.371. The smallest absolute Gasteiger partial charge is 0.319 e. The SMILES string of the molecule is CC1(c2ccc(C#N)cc2)NC(=O)N(Cc2cccc(C#N)c2)C1=O. The van der Waals surface area contributed by atoms with Gasteiger partial charge in [-0.25, -0.2) is 4.79 Å². The van der Waals surface area contributed by atoms with E-state index < -0.39 is 11.6 Å². The van der Waals surface area contributed by atoms with Crippen LogP contribution in [0.2, 0.25) is 0 Å². The first-order valence-corrected chi connectivity index (χ1v) is 7.62. The normalized spacial score (nSPS) is 19.2. The van der Waals surface area contributed by atoms with Gasteiger partial charge >= 0.3 is 6.03 Å². The molecule has 1 atom stereocenters. The average molecular weight is 330 g/mol. The Kier molecular flexibility index (Phi) is 3.96. The molecule has 1 heterocycles. The summed E-state index contributed by atoms with van der Waals surface area (Å²) in [6.07, 6.45) is 0. The number of nitrogens with zero attached hydrogens (tertiary/aromatic N) is 3. The molecule has 0 aromatic heterocycles. The Morgan fingerprint density at radius 3 is 2.36 bits per heavy atom. The molecular formula is C19H14N4O2. The van der Waals surface area contributed by atoms with Gasteiger partial charge in [-0.2, -0.15) is 10.5 Å². The van der Waals surface area contributed by atoms with Crippen molar-refractivity contribution in [2.45, 2.75) is 19.0 Å². The molecule has 3 rings (SSSR count). The van der Waals surface area contributed by atoms with E-state index in [0.29, 0.717) is 22.3 Å². The second-order valence-corrected chi connectivity index (χ2v) is 5.95. The first kappa shape index (κ1) is 16.2. The number of hydrogen-bond acceptors (Lipinski definition) is 4. The number of hydrogen-bond donors (Lipinski definition) is 1. The Balaban J connectivity index is 1.88. The van der Waals surface area contributed by atoms with E-state index in [9.17, 15) is 9.59 Å². The summed E-state index contributed by atoms with van der Waals surface area (Å²) in [6.45, 7) is 1.73. The quantitative estimate of drug-likeness (QED) is 0.874. The number of urea groups is 1. The molecule has 2 aromatic rings. The third-order valence-corrected chi connectivity index (χ3v) is 4.26. The van der Waals surface area contributed by atoms with Crippen LogP contribution < -0.4 is 5.32 Å². The number of rotatable bonds is 3. The fourth-order valence-corrected chi connectivity index (χ4v) is 2.84. The van der Waals surface area contributed by atoms with Gasteiger partial charge in [0.1, 0.15) is 5.54 Å². The summed E-state index contributed by atoms with van der Waals surface area (Å²) < 4.78 is 0. The number of imide groups is 1. The molecule has 1 aliphatic heterocycles. The zero-order valence-electron chi connectivity index (χ0n) is 13.5. The maximum atomic E-state index is 12.9. The lowest BCUT2D eigenvalue weighted by molar-refractivity contribution is -0.131. The fourth-order valence-electron chi connectivity index (χ4n) is 2.84. The van der Waals surface area contributed by atoms with Crippen LogP contribution in [0.5, 0.6) is 0 Å². The highest BCUT2D eigenvalue weighted by molar-refractivity contribution is 6.07. The second-order valence-electron chi connectivity index (χ2n) is 5.95. The molecule has 1 unspecified atom stereocenters. The minimum atomic E-state index is -1.18. The van der Waals surface area contributed by atoms with Crippen molar-refractivity contribution < 1.29 is 9.59 Å². The molecule has 1 fully saturated rings. The topological polar surface area (TPSA) is 97.0 Å². The molecule has 122 valence electrons. The third kappa shape index (κ3) is 2.82. The maximum absolute atomic E-state index is 12.9. The van der Waals surface area contributed by atoms with Crippen LogP contribution in [0.3, 0.4) is 0 Å². The predicted octanol–water partition coefficient (Wildman–Crippen LogP) is 2.40. The van der Waals surface area contributed by atoms with Gasteiger partial charge in [0.25, 0.3) is 5.91 Å². The van der Waals surface area contributed by atoms with E-state index in [1.165, 1.54) is 0 Å². The fraction of sp³-hybridized carbons (Fsp3) is 0.158. The lowest BCUT2D eigenvalue weighted by Crippen LogP contribution is -2.40. The van der Waals surface area contributed by atoms with Gasteiger partial charge in [0.05, 0.1) is 29.8 Å². The van der Waals surface area contributed by atoms with Crippen molar-refractivity contribution in [3.05, 3.63) is 70.8 Å². The summed E-state index contributed by atoms with van der Waals surface area (Å²) in [5, 5.41) is 20.6. The van der Waals surface area contributed by atoms with Crippen LogP contribution in [-0.2, 0) is 16.9 Å². The lowest BCUT2D eigenvalue weighted by atomic mass is 9.91. The van der Waals surface area contributed by atoms with Gasteiger partial charge < -0.3 is 5.32 Å². The Morgan fingerprint density at radius 1 is 1.04 bits per heavy atom. The van der Waals surface area contributed by atoms with Gasteiger partial charge in [0.15, 0.2) is 0 Å². The first-order valence-electron chi connectivity index (χ1n) is 7.62. The second kappa shape index (κ2) is 6.10. The van der Waals surface area contributed by atoms with E-state index >= 15 is 0 Å². The van der Waals surface area contributed by atoms with Crippen molar-refractivity contribution in [2.24, 2.45) is 0 Å². The molecule has 1 aliphatic rings. The number of nitriles is 2. The van der Waals surface area contributed by atoms with Crippen LogP contribution in [0.25, 0.3) is 0 Å². The van der Waals surface area contributed by atoms with Crippen molar-refractivity contribution in [3.8, 4) is 12.1 Å². The highest BCUT2D eigenvalue weighted by Crippen LogP contribution is 2.30. The van der Waals surface area contributed by atoms with Crippen molar-refractivity contribution in [1.29, 1.82) is 10.5 Å². The molecule has 6 nitrogen and oxygen atoms in total. The van der Waals surface area contributed by atoms with Crippen LogP contribution in [0.4, 0.5) is 4.79 Å². The first-order chi connectivity index (χ1) is 12.0. The molecule has 1 saturated heterocycles. The highest BCUT2D eigenvalue weighted by Gasteiger charge is 2.48. The van der Waals surface area contributed by atoms with Crippen LogP contribution in [0.15, 0.2) is 48.5 Å². The summed E-state index contributed by atoms with van der Waals surface area (Å²) in [6, 6.07) is 16.9. The Bertz CT molecular complexity index is 937. The van der Waals surface area contributed by atoms with E-state index in [-0.39, 0.29) is 12.5 Å². The van der Waals surface area contributed by atoms with Gasteiger partial charge in [-0.3, -0.25) is 9.69 Å². The molecule has 0 radical (unpaired) electrons. The molecule has 2 aromatic carbocycles. The molecule has 3 amide bonds. The Labute approximate surface area is 144 Å². The number of nitrogens with one attached hydrogen (secondary N) is 1. The summed E-state index contributed by atoms with van der Waals surface area (Å²) in [7, 11) is 0. The zero-order valence-corrected chi connectivity index (χ0v) is 13.5. The molecule has 1 N–H and O–H groups in total. The molecule has 0 spiro atoms. The Morgan fingerprint density at radius 2 is 1.72 bits per heavy atom. The largest absolute Gasteiger partial charge is 0.325 e. The van der Waals surface area contributed by atoms with Gasteiger partial charge in [0, 0.05) is 0 Å². The van der Waals surface area contributed by atoms with Crippen LogP contribution in [0.1, 0.15) is 29.2 Å². The number of carbonyl (C=O) groups is 2. The zero-order chi connectivity index (χ0) is 18.0. The van der Waals surface area contributed by atoms with Crippen LogP contribution in [0, 0.1) is 22.7 Å². The summed E-state index contributed by atoms with van der Waals surface area (Å²) in [5.41, 5.74) is 1.08. The van der Waals surface area contributed by atoms with Crippen molar-refractivity contribution >= 4 is 11.9 Å². The average Bonchev–Trinajstić information content (AvgIpc) is 2.86. The number of benzene rings is 2. The predicted molar refractivity (Wildman–Crippen MR) is 88.7 cm³/mol. The minimum Gasteiger partial charge on any atom is -0.319 e. The highest BCUT2D eigenvalue weighted by atomic mass is 16.2. The van der Waals surface area contributed by atoms with Gasteiger partial charge in [-0.1, -0.05) is 24.3 Å². The standard InChI is InChI=1S/C19H14N4O2/c1-19(16-7-5-13(10-20)6-8-16)17(24)23(18(25)22-19)12-15-4-2-3-14(9-15)11-21/h2-9H,12H2,1H3,(H,22,25). The van der Waals surface area contributed by atoms with Gasteiger partial charge in [0.2, 0.25) is 0 Å². The maximum Gasteiger partial charge on any atom is 0.325 e. The van der Waals surface area contributed by atoms with E-state index in [4.69, 9.17) is 10.5 Å². The summed E-state index contributed by atoms with van der Waals surface area (Å²) >= 11 is 0. The number of amides is 3. The molecule has 0 bridgehead atoms. The monoisotopic (exact) mass is 330 g/mol. The van der Waals surface area contributed by atoms with Gasteiger partial charge in [-0.05, 0) is 42.3 Å². The third-order valence-electron chi connectivity index (χ3n) is 4.26. The van der Waals surface area contributed by atoms with Gasteiger partial charge in [-0.15, -0.1) is 0 Å². The minimum absolute atomic E-state index is 0.0893. The van der Waals surface area contributed by atoms with Crippen LogP contribution in [-0.4, -0.2) is 16.8 Å². The van der Waals surface area contributed by atoms with Crippen molar-refractivity contribution in [3.63, 3.8) is 0 Å². The van der Waals surface area contributed by atoms with E-state index in [1.54, 1.807) is 55.5 Å². The molecular weight excluding hydrogens is 316 g/mol. The lowest BCUT2D eigenvalue weighted by Gasteiger charge is -2.22. The summed E-state index contributed by atoms with van der Waals surface area (Å²) in [4.78, 5) is 26.3. The molecule has 25 heavy (non-hydrogen) atoms. The van der Waals surface area contributed by atoms with Crippen LogP contribution >= 0.6 is 0 Å². The van der Waals surface area contributed by atoms with E-state index in [0.717, 1.165) is 4.90 Å². The van der Waals surface area contributed by atoms with E-state index in [1.807, 2.05) is 12.1 Å². The molecule has 6 heteroatoms. The van der Waals surface area contributed by atoms with Crippen molar-refractivity contribution in [2.75, 3.05) is 0 Å². The Hall–Kier alpha value is -3.64. The van der Waals surface area contributed by atoms with E-state index in [2.05, 4.69) is 5.32 Å². The molecule has 0 aliphatic carbocycles. The van der Waals surface area contributed by atoms with Crippen molar-refractivity contribution in [1.82, 2.24) is 10.2 Å². The number of carbonyl (C=O) groups excluding carboxylic acids is 2.